The molecule has 1 aromatic heterocycles. The normalized spacial score (nSPS) is 11.3. The van der Waals surface area contributed by atoms with Gasteiger partial charge >= 0.3 is 0 Å². The highest BCUT2D eigenvalue weighted by Crippen LogP contribution is 2.19. The molecule has 1 amide bonds. The summed E-state index contributed by atoms with van der Waals surface area (Å²) >= 11 is 5.84. The van der Waals surface area contributed by atoms with Crippen molar-refractivity contribution < 1.29 is 4.79 Å². The third kappa shape index (κ3) is 3.17. The summed E-state index contributed by atoms with van der Waals surface area (Å²) in [5, 5.41) is 10.7. The number of aromatic nitrogens is 2. The van der Waals surface area contributed by atoms with Crippen molar-refractivity contribution in [2.75, 3.05) is 5.32 Å². The van der Waals surface area contributed by atoms with Crippen LogP contribution in [0.2, 0.25) is 5.15 Å². The molecule has 0 aromatic carbocycles. The van der Waals surface area contributed by atoms with E-state index in [9.17, 15) is 4.79 Å². The number of hydrogen-bond donors (Lipinski definition) is 1. The summed E-state index contributed by atoms with van der Waals surface area (Å²) in [4.78, 5) is 11.7. The Hall–Kier alpha value is -1.16. The van der Waals surface area contributed by atoms with Gasteiger partial charge in [0.1, 0.15) is 0 Å². The molecule has 0 saturated heterocycles. The van der Waals surface area contributed by atoms with Crippen molar-refractivity contribution in [3.8, 4) is 0 Å². The van der Waals surface area contributed by atoms with Crippen molar-refractivity contribution in [3.63, 3.8) is 0 Å². The smallest absolute Gasteiger partial charge is 0.230 e. The predicted molar refractivity (Wildman–Crippen MR) is 64.5 cm³/mol. The first-order valence-corrected chi connectivity index (χ1v) is 5.56. The topological polar surface area (TPSA) is 54.9 Å². The van der Waals surface area contributed by atoms with Gasteiger partial charge in [-0.1, -0.05) is 39.3 Å². The summed E-state index contributed by atoms with van der Waals surface area (Å²) in [6, 6.07) is 1.75. The van der Waals surface area contributed by atoms with Gasteiger partial charge in [0.15, 0.2) is 11.0 Å². The van der Waals surface area contributed by atoms with E-state index >= 15 is 0 Å². The van der Waals surface area contributed by atoms with E-state index in [1.54, 1.807) is 6.07 Å². The van der Waals surface area contributed by atoms with Crippen molar-refractivity contribution >= 4 is 23.3 Å². The van der Waals surface area contributed by atoms with Gasteiger partial charge in [0.25, 0.3) is 0 Å². The van der Waals surface area contributed by atoms with Gasteiger partial charge in [0, 0.05) is 5.41 Å². The molecule has 1 rings (SSSR count). The number of anilines is 1. The molecular formula is C11H16ClN3O. The minimum Gasteiger partial charge on any atom is -0.309 e. The molecule has 1 heterocycles. The van der Waals surface area contributed by atoms with E-state index in [1.165, 1.54) is 0 Å². The van der Waals surface area contributed by atoms with Crippen LogP contribution in [-0.2, 0) is 11.2 Å². The largest absolute Gasteiger partial charge is 0.309 e. The average molecular weight is 242 g/mol. The molecule has 0 radical (unpaired) electrons. The number of rotatable bonds is 2. The van der Waals surface area contributed by atoms with Crippen LogP contribution in [-0.4, -0.2) is 16.1 Å². The quantitative estimate of drug-likeness (QED) is 0.866. The number of halogens is 1. The van der Waals surface area contributed by atoms with E-state index < -0.39 is 5.41 Å². The number of aryl methyl sites for hydroxylation is 1. The fourth-order valence-electron chi connectivity index (χ4n) is 1.03. The van der Waals surface area contributed by atoms with E-state index in [4.69, 9.17) is 11.6 Å². The number of hydrogen-bond acceptors (Lipinski definition) is 3. The van der Waals surface area contributed by atoms with Crippen LogP contribution in [0.25, 0.3) is 0 Å². The molecule has 0 fully saturated rings. The van der Waals surface area contributed by atoms with Crippen LogP contribution >= 0.6 is 11.6 Å². The van der Waals surface area contributed by atoms with Gasteiger partial charge in [-0.15, -0.1) is 10.2 Å². The second-order valence-electron chi connectivity index (χ2n) is 4.60. The zero-order valence-corrected chi connectivity index (χ0v) is 10.7. The van der Waals surface area contributed by atoms with Crippen LogP contribution in [0.1, 0.15) is 33.3 Å². The summed E-state index contributed by atoms with van der Waals surface area (Å²) in [7, 11) is 0. The molecule has 0 atom stereocenters. The Balaban J connectivity index is 2.87. The fourth-order valence-corrected chi connectivity index (χ4v) is 1.25. The highest BCUT2D eigenvalue weighted by atomic mass is 35.5. The fraction of sp³-hybridized carbons (Fsp3) is 0.545. The Kier molecular flexibility index (Phi) is 3.86. The summed E-state index contributed by atoms with van der Waals surface area (Å²) in [6.07, 6.45) is 0.757. The standard InChI is InChI=1S/C11H16ClN3O/c1-5-7-6-8(14-15-9(7)12)13-10(16)11(2,3)4/h6H,5H2,1-4H3,(H,13,14,16). The molecular weight excluding hydrogens is 226 g/mol. The Labute approximate surface area is 100 Å². The molecule has 0 unspecified atom stereocenters. The zero-order valence-electron chi connectivity index (χ0n) is 9.97. The molecule has 0 saturated carbocycles. The first kappa shape index (κ1) is 12.9. The molecule has 16 heavy (non-hydrogen) atoms. The lowest BCUT2D eigenvalue weighted by Gasteiger charge is -2.17. The molecule has 1 N–H and O–H groups in total. The van der Waals surface area contributed by atoms with Crippen molar-refractivity contribution in [1.29, 1.82) is 0 Å². The Morgan fingerprint density at radius 2 is 2.06 bits per heavy atom. The minimum atomic E-state index is -0.451. The van der Waals surface area contributed by atoms with Gasteiger partial charge in [-0.3, -0.25) is 4.79 Å². The lowest BCUT2D eigenvalue weighted by Crippen LogP contribution is -2.28. The number of nitrogens with zero attached hydrogens (tertiary/aromatic N) is 2. The molecule has 88 valence electrons. The molecule has 4 nitrogen and oxygen atoms in total. The average Bonchev–Trinajstić information content (AvgIpc) is 2.19. The molecule has 5 heteroatoms. The number of nitrogens with one attached hydrogen (secondary N) is 1. The van der Waals surface area contributed by atoms with Gasteiger partial charge in [0.2, 0.25) is 5.91 Å². The first-order valence-electron chi connectivity index (χ1n) is 5.18. The Morgan fingerprint density at radius 1 is 1.44 bits per heavy atom. The zero-order chi connectivity index (χ0) is 12.3. The lowest BCUT2D eigenvalue weighted by molar-refractivity contribution is -0.123. The van der Waals surface area contributed by atoms with E-state index in [-0.39, 0.29) is 5.91 Å². The van der Waals surface area contributed by atoms with Crippen LogP contribution in [0.5, 0.6) is 0 Å². The highest BCUT2D eigenvalue weighted by Gasteiger charge is 2.21. The van der Waals surface area contributed by atoms with Crippen LogP contribution in [0.4, 0.5) is 5.82 Å². The third-order valence-electron chi connectivity index (χ3n) is 2.13. The van der Waals surface area contributed by atoms with Crippen LogP contribution < -0.4 is 5.32 Å². The first-order chi connectivity index (χ1) is 7.34. The number of carbonyl (C=O) groups excluding carboxylic acids is 1. The third-order valence-corrected chi connectivity index (χ3v) is 2.44. The van der Waals surface area contributed by atoms with E-state index in [2.05, 4.69) is 15.5 Å². The van der Waals surface area contributed by atoms with Crippen LogP contribution in [0.15, 0.2) is 6.07 Å². The van der Waals surface area contributed by atoms with Crippen molar-refractivity contribution in [2.24, 2.45) is 5.41 Å². The maximum Gasteiger partial charge on any atom is 0.230 e. The predicted octanol–water partition coefficient (Wildman–Crippen LogP) is 2.68. The molecule has 0 spiro atoms. The second-order valence-corrected chi connectivity index (χ2v) is 4.96. The van der Waals surface area contributed by atoms with Gasteiger partial charge in [0.05, 0.1) is 0 Å². The number of carbonyl (C=O) groups is 1. The summed E-state index contributed by atoms with van der Waals surface area (Å²) in [5.74, 6) is 0.354. The molecule has 0 bridgehead atoms. The van der Waals surface area contributed by atoms with E-state index in [0.29, 0.717) is 11.0 Å². The minimum absolute atomic E-state index is 0.0915. The van der Waals surface area contributed by atoms with Gasteiger partial charge in [-0.2, -0.15) is 0 Å². The van der Waals surface area contributed by atoms with Crippen LogP contribution in [0.3, 0.4) is 0 Å². The van der Waals surface area contributed by atoms with Crippen LogP contribution in [0, 0.1) is 5.41 Å². The molecule has 0 aliphatic rings. The van der Waals surface area contributed by atoms with Gasteiger partial charge in [-0.05, 0) is 18.1 Å². The lowest BCUT2D eigenvalue weighted by atomic mass is 9.96. The Morgan fingerprint density at radius 3 is 2.56 bits per heavy atom. The summed E-state index contributed by atoms with van der Waals surface area (Å²) in [5.41, 5.74) is 0.425. The van der Waals surface area contributed by atoms with E-state index in [0.717, 1.165) is 12.0 Å². The molecule has 1 aromatic rings. The maximum absolute atomic E-state index is 11.7. The SMILES string of the molecule is CCc1cc(NC(=O)C(C)(C)C)nnc1Cl. The van der Waals surface area contributed by atoms with Crippen molar-refractivity contribution in [2.45, 2.75) is 34.1 Å². The Bertz CT molecular complexity index is 399. The van der Waals surface area contributed by atoms with Crippen molar-refractivity contribution in [3.05, 3.63) is 16.8 Å². The van der Waals surface area contributed by atoms with Gasteiger partial charge in [-0.25, -0.2) is 0 Å². The second kappa shape index (κ2) is 4.78. The molecule has 0 aliphatic heterocycles. The molecule has 0 aliphatic carbocycles. The van der Waals surface area contributed by atoms with Gasteiger partial charge < -0.3 is 5.32 Å². The number of amides is 1. The summed E-state index contributed by atoms with van der Waals surface area (Å²) < 4.78 is 0. The highest BCUT2D eigenvalue weighted by molar-refractivity contribution is 6.30. The monoisotopic (exact) mass is 241 g/mol. The summed E-state index contributed by atoms with van der Waals surface area (Å²) in [6.45, 7) is 7.49. The van der Waals surface area contributed by atoms with E-state index in [1.807, 2.05) is 27.7 Å². The van der Waals surface area contributed by atoms with Crippen molar-refractivity contribution in [1.82, 2.24) is 10.2 Å². The maximum atomic E-state index is 11.7.